The van der Waals surface area contributed by atoms with Crippen LogP contribution in [-0.4, -0.2) is 54.8 Å². The van der Waals surface area contributed by atoms with Crippen LogP contribution >= 0.6 is 0 Å². The molecule has 0 bridgehead atoms. The minimum absolute atomic E-state index is 0.00111. The van der Waals surface area contributed by atoms with E-state index in [2.05, 4.69) is 5.32 Å². The molecular formula is C21H22N4O4S. The van der Waals surface area contributed by atoms with E-state index in [4.69, 9.17) is 0 Å². The van der Waals surface area contributed by atoms with Gasteiger partial charge in [-0.15, -0.1) is 0 Å². The Morgan fingerprint density at radius 1 is 1.13 bits per heavy atom. The molecule has 1 fully saturated rings. The summed E-state index contributed by atoms with van der Waals surface area (Å²) in [4.78, 5) is 14.4. The van der Waals surface area contributed by atoms with Gasteiger partial charge in [0.2, 0.25) is 10.0 Å². The summed E-state index contributed by atoms with van der Waals surface area (Å²) < 4.78 is 27.0. The lowest BCUT2D eigenvalue weighted by molar-refractivity contribution is -0.112. The third-order valence-corrected chi connectivity index (χ3v) is 6.63. The van der Waals surface area contributed by atoms with Crippen molar-refractivity contribution in [1.82, 2.24) is 9.21 Å². The molecule has 3 rings (SSSR count). The number of hydrogen-bond donors (Lipinski definition) is 2. The molecule has 0 unspecified atom stereocenters. The van der Waals surface area contributed by atoms with Gasteiger partial charge in [0.15, 0.2) is 0 Å². The summed E-state index contributed by atoms with van der Waals surface area (Å²) in [5.74, 6) is -0.598. The van der Waals surface area contributed by atoms with Gasteiger partial charge in [0.25, 0.3) is 5.91 Å². The molecule has 2 N–H and O–H groups in total. The van der Waals surface area contributed by atoms with E-state index in [1.807, 2.05) is 13.0 Å². The maximum atomic E-state index is 12.8. The van der Waals surface area contributed by atoms with E-state index < -0.39 is 15.9 Å². The van der Waals surface area contributed by atoms with Gasteiger partial charge in [0.05, 0.1) is 4.90 Å². The Balaban J connectivity index is 1.64. The van der Waals surface area contributed by atoms with E-state index in [0.717, 1.165) is 5.56 Å². The maximum absolute atomic E-state index is 12.8. The molecule has 1 amide bonds. The van der Waals surface area contributed by atoms with Gasteiger partial charge in [-0.25, -0.2) is 8.42 Å². The molecule has 0 atom stereocenters. The van der Waals surface area contributed by atoms with Crippen molar-refractivity contribution in [1.29, 1.82) is 5.26 Å². The van der Waals surface area contributed by atoms with Crippen molar-refractivity contribution in [2.24, 2.45) is 0 Å². The van der Waals surface area contributed by atoms with Crippen LogP contribution in [0, 0.1) is 18.3 Å². The number of nitrogens with one attached hydrogen (secondary N) is 1. The molecular weight excluding hydrogens is 404 g/mol. The van der Waals surface area contributed by atoms with Crippen molar-refractivity contribution in [2.45, 2.75) is 11.8 Å². The Kier molecular flexibility index (Phi) is 6.40. The number of nitriles is 1. The molecule has 0 aromatic heterocycles. The van der Waals surface area contributed by atoms with Gasteiger partial charge in [0, 0.05) is 44.1 Å². The molecule has 2 aromatic rings. The highest BCUT2D eigenvalue weighted by molar-refractivity contribution is 7.89. The van der Waals surface area contributed by atoms with E-state index >= 15 is 0 Å². The van der Waals surface area contributed by atoms with Gasteiger partial charge in [-0.05, 0) is 31.2 Å². The standard InChI is InChI=1S/C21H22N4O4S/c1-16-5-7-20(8-6-16)30(28,29)25-11-9-24(10-12-25)15-17(14-22)21(27)23-18-3-2-4-19(26)13-18/h2-8,13,15,26H,9-12H2,1H3,(H,23,27)/b17-15-. The number of sulfonamides is 1. The molecule has 1 saturated heterocycles. The average Bonchev–Trinajstić information content (AvgIpc) is 2.72. The zero-order valence-electron chi connectivity index (χ0n) is 16.4. The fourth-order valence-corrected chi connectivity index (χ4v) is 4.46. The second-order valence-corrected chi connectivity index (χ2v) is 8.85. The summed E-state index contributed by atoms with van der Waals surface area (Å²) in [6.07, 6.45) is 1.44. The molecule has 0 saturated carbocycles. The third-order valence-electron chi connectivity index (χ3n) is 4.71. The first kappa shape index (κ1) is 21.4. The van der Waals surface area contributed by atoms with Crippen LogP contribution in [0.1, 0.15) is 5.56 Å². The monoisotopic (exact) mass is 426 g/mol. The van der Waals surface area contributed by atoms with E-state index in [1.165, 1.54) is 22.6 Å². The Morgan fingerprint density at radius 2 is 1.80 bits per heavy atom. The smallest absolute Gasteiger partial charge is 0.267 e. The molecule has 8 nitrogen and oxygen atoms in total. The predicted molar refractivity (Wildman–Crippen MR) is 112 cm³/mol. The number of nitrogens with zero attached hydrogens (tertiary/aromatic N) is 3. The van der Waals surface area contributed by atoms with Crippen LogP contribution < -0.4 is 5.32 Å². The summed E-state index contributed by atoms with van der Waals surface area (Å²) in [7, 11) is -3.58. The van der Waals surface area contributed by atoms with E-state index in [0.29, 0.717) is 18.8 Å². The number of hydrogen-bond acceptors (Lipinski definition) is 6. The number of carbonyl (C=O) groups is 1. The van der Waals surface area contributed by atoms with Crippen LogP contribution in [0.2, 0.25) is 0 Å². The highest BCUT2D eigenvalue weighted by atomic mass is 32.2. The van der Waals surface area contributed by atoms with Crippen molar-refractivity contribution in [3.63, 3.8) is 0 Å². The largest absolute Gasteiger partial charge is 0.508 e. The minimum atomic E-state index is -3.58. The van der Waals surface area contributed by atoms with Gasteiger partial charge in [-0.2, -0.15) is 9.57 Å². The van der Waals surface area contributed by atoms with Crippen LogP contribution in [-0.2, 0) is 14.8 Å². The Labute approximate surface area is 175 Å². The van der Waals surface area contributed by atoms with Gasteiger partial charge >= 0.3 is 0 Å². The molecule has 9 heteroatoms. The molecule has 1 aliphatic heterocycles. The van der Waals surface area contributed by atoms with Crippen molar-refractivity contribution >= 4 is 21.6 Å². The first-order valence-electron chi connectivity index (χ1n) is 9.33. The predicted octanol–water partition coefficient (Wildman–Crippen LogP) is 2.05. The molecule has 30 heavy (non-hydrogen) atoms. The van der Waals surface area contributed by atoms with Crippen molar-refractivity contribution in [2.75, 3.05) is 31.5 Å². The van der Waals surface area contributed by atoms with E-state index in [1.54, 1.807) is 41.3 Å². The fraction of sp³-hybridized carbons (Fsp3) is 0.238. The van der Waals surface area contributed by atoms with Gasteiger partial charge < -0.3 is 15.3 Å². The number of carbonyl (C=O) groups excluding carboxylic acids is 1. The first-order valence-corrected chi connectivity index (χ1v) is 10.8. The second kappa shape index (κ2) is 8.98. The molecule has 2 aromatic carbocycles. The second-order valence-electron chi connectivity index (χ2n) is 6.91. The lowest BCUT2D eigenvalue weighted by Gasteiger charge is -2.33. The highest BCUT2D eigenvalue weighted by Crippen LogP contribution is 2.19. The Bertz CT molecular complexity index is 1100. The van der Waals surface area contributed by atoms with Crippen molar-refractivity contribution < 1.29 is 18.3 Å². The number of aryl methyl sites for hydroxylation is 1. The van der Waals surface area contributed by atoms with Crippen LogP contribution in [0.15, 0.2) is 65.2 Å². The van der Waals surface area contributed by atoms with Crippen LogP contribution in [0.5, 0.6) is 5.75 Å². The zero-order chi connectivity index (χ0) is 21.7. The fourth-order valence-electron chi connectivity index (χ4n) is 3.04. The quantitative estimate of drug-likeness (QED) is 0.559. The average molecular weight is 426 g/mol. The molecule has 0 aliphatic carbocycles. The number of anilines is 1. The number of phenols is 1. The van der Waals surface area contributed by atoms with Crippen molar-refractivity contribution in [3.05, 3.63) is 65.9 Å². The van der Waals surface area contributed by atoms with Gasteiger partial charge in [0.1, 0.15) is 17.4 Å². The van der Waals surface area contributed by atoms with Crippen LogP contribution in [0.4, 0.5) is 5.69 Å². The van der Waals surface area contributed by atoms with Crippen LogP contribution in [0.25, 0.3) is 0 Å². The lowest BCUT2D eigenvalue weighted by Crippen LogP contribution is -2.46. The Morgan fingerprint density at radius 3 is 2.40 bits per heavy atom. The lowest BCUT2D eigenvalue weighted by atomic mass is 10.2. The number of phenolic OH excluding ortho intramolecular Hbond substituents is 1. The number of piperazine rings is 1. The van der Waals surface area contributed by atoms with Gasteiger partial charge in [-0.3, -0.25) is 4.79 Å². The van der Waals surface area contributed by atoms with E-state index in [-0.39, 0.29) is 29.3 Å². The van der Waals surface area contributed by atoms with Crippen LogP contribution in [0.3, 0.4) is 0 Å². The maximum Gasteiger partial charge on any atom is 0.267 e. The highest BCUT2D eigenvalue weighted by Gasteiger charge is 2.28. The number of rotatable bonds is 5. The van der Waals surface area contributed by atoms with Crippen molar-refractivity contribution in [3.8, 4) is 11.8 Å². The topological polar surface area (TPSA) is 114 Å². The molecule has 0 radical (unpaired) electrons. The number of amides is 1. The van der Waals surface area contributed by atoms with E-state index in [9.17, 15) is 23.6 Å². The summed E-state index contributed by atoms with van der Waals surface area (Å²) >= 11 is 0. The summed E-state index contributed by atoms with van der Waals surface area (Å²) in [5.41, 5.74) is 1.25. The SMILES string of the molecule is Cc1ccc(S(=O)(=O)N2CCN(/C=C(/C#N)C(=O)Nc3cccc(O)c3)CC2)cc1. The van der Waals surface area contributed by atoms with Gasteiger partial charge in [-0.1, -0.05) is 23.8 Å². The Hall–Kier alpha value is -3.35. The number of benzene rings is 2. The summed E-state index contributed by atoms with van der Waals surface area (Å²) in [6, 6.07) is 14.6. The zero-order valence-corrected chi connectivity index (χ0v) is 17.3. The normalized spacial score (nSPS) is 15.5. The minimum Gasteiger partial charge on any atom is -0.508 e. The molecule has 156 valence electrons. The summed E-state index contributed by atoms with van der Waals surface area (Å²) in [6.45, 7) is 3.11. The first-order chi connectivity index (χ1) is 14.3. The molecule has 0 spiro atoms. The molecule has 1 heterocycles. The number of aromatic hydroxyl groups is 1. The summed E-state index contributed by atoms with van der Waals surface area (Å²) in [5, 5.41) is 21.4. The third kappa shape index (κ3) is 4.97. The molecule has 1 aliphatic rings.